The third kappa shape index (κ3) is 4.63. The van der Waals surface area contributed by atoms with Gasteiger partial charge < -0.3 is 10.1 Å². The van der Waals surface area contributed by atoms with E-state index in [1.54, 1.807) is 0 Å². The lowest BCUT2D eigenvalue weighted by Gasteiger charge is -2.31. The van der Waals surface area contributed by atoms with E-state index < -0.39 is 12.1 Å². The molecule has 0 aromatic heterocycles. The Morgan fingerprint density at radius 3 is 2.43 bits per heavy atom. The molecule has 0 spiro atoms. The van der Waals surface area contributed by atoms with Crippen molar-refractivity contribution in [1.82, 2.24) is 0 Å². The molecular formula is C16H22F3NO. The molecule has 1 N–H and O–H groups in total. The summed E-state index contributed by atoms with van der Waals surface area (Å²) in [6.07, 6.45) is -2.48. The maximum absolute atomic E-state index is 12.7. The largest absolute Gasteiger partial charge is 0.391 e. The van der Waals surface area contributed by atoms with Crippen LogP contribution in [0.3, 0.4) is 0 Å². The molecule has 5 heteroatoms. The first-order chi connectivity index (χ1) is 10.0. The molecule has 0 atom stereocenters. The van der Waals surface area contributed by atoms with Crippen molar-refractivity contribution < 1.29 is 17.9 Å². The van der Waals surface area contributed by atoms with Crippen molar-refractivity contribution in [3.05, 3.63) is 29.8 Å². The highest BCUT2D eigenvalue weighted by Gasteiger charge is 2.41. The van der Waals surface area contributed by atoms with Crippen LogP contribution < -0.4 is 5.32 Å². The Morgan fingerprint density at radius 2 is 1.81 bits per heavy atom. The number of para-hydroxylation sites is 1. The Labute approximate surface area is 123 Å². The molecule has 1 aromatic carbocycles. The quantitative estimate of drug-likeness (QED) is 0.847. The molecule has 0 radical (unpaired) electrons. The molecule has 0 aliphatic heterocycles. The zero-order valence-electron chi connectivity index (χ0n) is 12.2. The van der Waals surface area contributed by atoms with E-state index in [2.05, 4.69) is 5.32 Å². The number of benzene rings is 1. The molecule has 0 amide bonds. The zero-order chi connectivity index (χ0) is 15.3. The van der Waals surface area contributed by atoms with Crippen LogP contribution in [-0.2, 0) is 11.3 Å². The van der Waals surface area contributed by atoms with E-state index in [1.807, 2.05) is 31.2 Å². The average molecular weight is 301 g/mol. The van der Waals surface area contributed by atoms with Crippen LogP contribution in [0.1, 0.15) is 38.2 Å². The number of anilines is 1. The second kappa shape index (κ2) is 7.16. The van der Waals surface area contributed by atoms with E-state index in [-0.39, 0.29) is 18.9 Å². The maximum Gasteiger partial charge on any atom is 0.391 e. The van der Waals surface area contributed by atoms with Crippen molar-refractivity contribution in [2.24, 2.45) is 5.92 Å². The topological polar surface area (TPSA) is 21.3 Å². The fourth-order valence-electron chi connectivity index (χ4n) is 2.78. The lowest BCUT2D eigenvalue weighted by atomic mass is 9.85. The van der Waals surface area contributed by atoms with Crippen LogP contribution in [0.15, 0.2) is 24.3 Å². The van der Waals surface area contributed by atoms with Gasteiger partial charge in [-0.1, -0.05) is 18.2 Å². The molecule has 2 nitrogen and oxygen atoms in total. The van der Waals surface area contributed by atoms with Crippen LogP contribution in [0.4, 0.5) is 18.9 Å². The van der Waals surface area contributed by atoms with E-state index in [1.165, 1.54) is 0 Å². The van der Waals surface area contributed by atoms with Crippen molar-refractivity contribution in [3.63, 3.8) is 0 Å². The summed E-state index contributed by atoms with van der Waals surface area (Å²) in [5.41, 5.74) is 2.03. The number of hydrogen-bond donors (Lipinski definition) is 1. The minimum Gasteiger partial charge on any atom is -0.382 e. The molecule has 1 fully saturated rings. The summed E-state index contributed by atoms with van der Waals surface area (Å²) < 4.78 is 43.4. The van der Waals surface area contributed by atoms with E-state index in [0.717, 1.165) is 11.3 Å². The van der Waals surface area contributed by atoms with Crippen molar-refractivity contribution in [2.75, 3.05) is 11.9 Å². The molecular weight excluding hydrogens is 279 g/mol. The van der Waals surface area contributed by atoms with Crippen molar-refractivity contribution in [1.29, 1.82) is 0 Å². The fraction of sp³-hybridized carbons (Fsp3) is 0.625. The number of halogens is 3. The third-order valence-corrected chi connectivity index (χ3v) is 4.03. The van der Waals surface area contributed by atoms with Crippen molar-refractivity contribution >= 4 is 5.69 Å². The van der Waals surface area contributed by atoms with Gasteiger partial charge in [-0.2, -0.15) is 13.2 Å². The van der Waals surface area contributed by atoms with Crippen LogP contribution in [0.2, 0.25) is 0 Å². The average Bonchev–Trinajstić information content (AvgIpc) is 2.46. The second-order valence-electron chi connectivity index (χ2n) is 5.53. The smallest absolute Gasteiger partial charge is 0.382 e. The van der Waals surface area contributed by atoms with E-state index >= 15 is 0 Å². The molecule has 0 bridgehead atoms. The lowest BCUT2D eigenvalue weighted by molar-refractivity contribution is -0.182. The number of alkyl halides is 3. The highest BCUT2D eigenvalue weighted by atomic mass is 19.4. The molecule has 0 unspecified atom stereocenters. The lowest BCUT2D eigenvalue weighted by Crippen LogP contribution is -2.33. The van der Waals surface area contributed by atoms with Gasteiger partial charge in [0.2, 0.25) is 0 Å². The summed E-state index contributed by atoms with van der Waals surface area (Å²) in [6, 6.07) is 7.94. The van der Waals surface area contributed by atoms with Gasteiger partial charge in [0.15, 0.2) is 0 Å². The van der Waals surface area contributed by atoms with Gasteiger partial charge in [-0.05, 0) is 38.7 Å². The minimum atomic E-state index is -4.04. The third-order valence-electron chi connectivity index (χ3n) is 4.03. The Bertz CT molecular complexity index is 439. The van der Waals surface area contributed by atoms with Gasteiger partial charge in [-0.15, -0.1) is 0 Å². The summed E-state index contributed by atoms with van der Waals surface area (Å²) in [6.45, 7) is 3.11. The van der Waals surface area contributed by atoms with Gasteiger partial charge in [0, 0.05) is 23.9 Å². The highest BCUT2D eigenvalue weighted by Crippen LogP contribution is 2.38. The first kappa shape index (κ1) is 16.1. The number of nitrogens with one attached hydrogen (secondary N) is 1. The van der Waals surface area contributed by atoms with Crippen LogP contribution >= 0.6 is 0 Å². The monoisotopic (exact) mass is 301 g/mol. The van der Waals surface area contributed by atoms with E-state index in [9.17, 15) is 13.2 Å². The molecule has 118 valence electrons. The van der Waals surface area contributed by atoms with Crippen LogP contribution in [-0.4, -0.2) is 18.8 Å². The minimum absolute atomic E-state index is 0.117. The standard InChI is InChI=1S/C16H22F3NO/c1-2-21-11-12-5-3-4-6-15(12)20-14-9-7-13(8-10-14)16(17,18)19/h3-6,13-14,20H,2,7-11H2,1H3. The van der Waals surface area contributed by atoms with E-state index in [4.69, 9.17) is 4.74 Å². The van der Waals surface area contributed by atoms with Gasteiger partial charge >= 0.3 is 6.18 Å². The van der Waals surface area contributed by atoms with Crippen molar-refractivity contribution in [3.8, 4) is 0 Å². The normalized spacial score (nSPS) is 23.0. The van der Waals surface area contributed by atoms with Gasteiger partial charge in [-0.25, -0.2) is 0 Å². The van der Waals surface area contributed by atoms with Crippen LogP contribution in [0.25, 0.3) is 0 Å². The molecule has 1 aliphatic rings. The fourth-order valence-corrected chi connectivity index (χ4v) is 2.78. The molecule has 1 aliphatic carbocycles. The van der Waals surface area contributed by atoms with E-state index in [0.29, 0.717) is 26.1 Å². The Balaban J connectivity index is 1.91. The first-order valence-corrected chi connectivity index (χ1v) is 7.49. The van der Waals surface area contributed by atoms with Crippen LogP contribution in [0, 0.1) is 5.92 Å². The molecule has 0 saturated heterocycles. The zero-order valence-corrected chi connectivity index (χ0v) is 12.2. The number of rotatable bonds is 5. The number of ether oxygens (including phenoxy) is 1. The Morgan fingerprint density at radius 1 is 1.14 bits per heavy atom. The first-order valence-electron chi connectivity index (χ1n) is 7.49. The predicted octanol–water partition coefficient (Wildman–Crippen LogP) is 4.76. The molecule has 21 heavy (non-hydrogen) atoms. The highest BCUT2D eigenvalue weighted by molar-refractivity contribution is 5.51. The predicted molar refractivity (Wildman–Crippen MR) is 77.2 cm³/mol. The maximum atomic E-state index is 12.7. The van der Waals surface area contributed by atoms with Crippen molar-refractivity contribution in [2.45, 2.75) is 51.4 Å². The van der Waals surface area contributed by atoms with Gasteiger partial charge in [0.1, 0.15) is 0 Å². The SMILES string of the molecule is CCOCc1ccccc1NC1CCC(C(F)(F)F)CC1. The summed E-state index contributed by atoms with van der Waals surface area (Å²) in [7, 11) is 0. The Hall–Kier alpha value is -1.23. The molecule has 1 saturated carbocycles. The van der Waals surface area contributed by atoms with Gasteiger partial charge in [0.25, 0.3) is 0 Å². The summed E-state index contributed by atoms with van der Waals surface area (Å²) in [4.78, 5) is 0. The Kier molecular flexibility index (Phi) is 5.51. The molecule has 0 heterocycles. The van der Waals surface area contributed by atoms with Gasteiger partial charge in [-0.3, -0.25) is 0 Å². The summed E-state index contributed by atoms with van der Waals surface area (Å²) in [5, 5.41) is 3.38. The number of hydrogen-bond acceptors (Lipinski definition) is 2. The molecule has 1 aromatic rings. The summed E-state index contributed by atoms with van der Waals surface area (Å²) >= 11 is 0. The molecule has 2 rings (SSSR count). The second-order valence-corrected chi connectivity index (χ2v) is 5.53. The summed E-state index contributed by atoms with van der Waals surface area (Å²) in [5.74, 6) is -1.13. The van der Waals surface area contributed by atoms with Crippen LogP contribution in [0.5, 0.6) is 0 Å². The van der Waals surface area contributed by atoms with Gasteiger partial charge in [0.05, 0.1) is 12.5 Å².